The highest BCUT2D eigenvalue weighted by molar-refractivity contribution is 7.89. The maximum atomic E-state index is 12.5. The molecule has 1 aromatic rings. The number of anilines is 1. The van der Waals surface area contributed by atoms with Crippen LogP contribution < -0.4 is 5.73 Å². The fourth-order valence-corrected chi connectivity index (χ4v) is 3.74. The number of benzene rings is 1. The lowest BCUT2D eigenvalue weighted by atomic mass is 10.2. The minimum Gasteiger partial charge on any atom is -0.399 e. The van der Waals surface area contributed by atoms with Gasteiger partial charge < -0.3 is 5.73 Å². The minimum absolute atomic E-state index is 0.173. The Morgan fingerprint density at radius 1 is 1.35 bits per heavy atom. The Labute approximate surface area is 118 Å². The molecule has 0 aliphatic rings. The topological polar surface area (TPSA) is 107 Å². The van der Waals surface area contributed by atoms with E-state index >= 15 is 0 Å². The second-order valence-electron chi connectivity index (χ2n) is 4.48. The van der Waals surface area contributed by atoms with Crippen LogP contribution in [0.5, 0.6) is 0 Å². The molecule has 0 unspecified atom stereocenters. The van der Waals surface area contributed by atoms with Gasteiger partial charge in [-0.1, -0.05) is 13.8 Å². The van der Waals surface area contributed by atoms with Crippen LogP contribution in [0.4, 0.5) is 11.4 Å². The number of nitrogen functional groups attached to an aromatic ring is 1. The molecule has 0 saturated heterocycles. The number of nitrogens with two attached hydrogens (primary N) is 1. The summed E-state index contributed by atoms with van der Waals surface area (Å²) in [6.07, 6.45) is 1.25. The summed E-state index contributed by atoms with van der Waals surface area (Å²) >= 11 is 0. The van der Waals surface area contributed by atoms with E-state index in [1.165, 1.54) is 17.4 Å². The van der Waals surface area contributed by atoms with Crippen molar-refractivity contribution in [3.05, 3.63) is 28.3 Å². The van der Waals surface area contributed by atoms with Crippen molar-refractivity contribution in [3.63, 3.8) is 0 Å². The fraction of sp³-hybridized carbons (Fsp3) is 0.500. The first-order valence-electron chi connectivity index (χ1n) is 6.27. The van der Waals surface area contributed by atoms with Crippen molar-refractivity contribution in [2.45, 2.75) is 37.6 Å². The van der Waals surface area contributed by atoms with Crippen LogP contribution >= 0.6 is 0 Å². The quantitative estimate of drug-likeness (QED) is 0.491. The van der Waals surface area contributed by atoms with E-state index in [0.29, 0.717) is 12.8 Å². The van der Waals surface area contributed by atoms with Crippen LogP contribution in [0, 0.1) is 10.1 Å². The van der Waals surface area contributed by atoms with Crippen LogP contribution in [0.1, 0.15) is 26.7 Å². The molecule has 0 aliphatic heterocycles. The second-order valence-corrected chi connectivity index (χ2v) is 6.44. The number of nitro benzene ring substituents is 1. The van der Waals surface area contributed by atoms with E-state index < -0.39 is 20.6 Å². The molecule has 20 heavy (non-hydrogen) atoms. The molecule has 0 aromatic heterocycles. The Hall–Kier alpha value is -1.67. The Morgan fingerprint density at radius 3 is 2.35 bits per heavy atom. The highest BCUT2D eigenvalue weighted by Crippen LogP contribution is 2.29. The van der Waals surface area contributed by atoms with Crippen molar-refractivity contribution >= 4 is 21.4 Å². The van der Waals surface area contributed by atoms with Gasteiger partial charge in [0.1, 0.15) is 0 Å². The maximum absolute atomic E-state index is 12.5. The predicted molar refractivity (Wildman–Crippen MR) is 76.8 cm³/mol. The first kappa shape index (κ1) is 16.4. The molecule has 0 fully saturated rings. The van der Waals surface area contributed by atoms with E-state index in [4.69, 9.17) is 5.73 Å². The second kappa shape index (κ2) is 6.19. The number of sulfonamides is 1. The molecule has 0 amide bonds. The van der Waals surface area contributed by atoms with Gasteiger partial charge in [-0.25, -0.2) is 8.42 Å². The molecule has 7 nitrogen and oxygen atoms in total. The van der Waals surface area contributed by atoms with E-state index in [0.717, 1.165) is 12.1 Å². The smallest absolute Gasteiger partial charge is 0.289 e. The van der Waals surface area contributed by atoms with Crippen molar-refractivity contribution in [2.75, 3.05) is 12.8 Å². The Balaban J connectivity index is 3.42. The van der Waals surface area contributed by atoms with Crippen LogP contribution in [-0.4, -0.2) is 30.7 Å². The molecule has 1 rings (SSSR count). The summed E-state index contributed by atoms with van der Waals surface area (Å²) in [6.45, 7) is 3.74. The van der Waals surface area contributed by atoms with Gasteiger partial charge >= 0.3 is 0 Å². The number of nitro groups is 1. The van der Waals surface area contributed by atoms with Crippen molar-refractivity contribution in [2.24, 2.45) is 0 Å². The minimum atomic E-state index is -3.95. The van der Waals surface area contributed by atoms with Crippen LogP contribution in [-0.2, 0) is 10.0 Å². The third-order valence-electron chi connectivity index (χ3n) is 3.29. The van der Waals surface area contributed by atoms with Gasteiger partial charge in [-0.2, -0.15) is 4.31 Å². The maximum Gasteiger partial charge on any atom is 0.289 e. The number of hydrogen-bond donors (Lipinski definition) is 1. The molecule has 0 saturated carbocycles. The zero-order valence-corrected chi connectivity index (χ0v) is 12.6. The predicted octanol–water partition coefficient (Wildman–Crippen LogP) is 1.99. The molecule has 112 valence electrons. The summed E-state index contributed by atoms with van der Waals surface area (Å²) in [6, 6.07) is 3.35. The third-order valence-corrected chi connectivity index (χ3v) is 5.23. The van der Waals surface area contributed by atoms with Crippen molar-refractivity contribution in [1.29, 1.82) is 0 Å². The summed E-state index contributed by atoms with van der Waals surface area (Å²) in [4.78, 5) is 9.91. The molecule has 2 N–H and O–H groups in total. The Bertz CT molecular complexity index is 597. The van der Waals surface area contributed by atoms with Gasteiger partial charge in [-0.3, -0.25) is 10.1 Å². The summed E-state index contributed by atoms with van der Waals surface area (Å²) in [5.74, 6) is 0. The largest absolute Gasteiger partial charge is 0.399 e. The van der Waals surface area contributed by atoms with E-state index in [9.17, 15) is 18.5 Å². The average Bonchev–Trinajstić information content (AvgIpc) is 2.39. The van der Waals surface area contributed by atoms with Gasteiger partial charge in [0.05, 0.1) is 4.92 Å². The summed E-state index contributed by atoms with van der Waals surface area (Å²) in [5.41, 5.74) is 5.27. The molecule has 0 spiro atoms. The van der Waals surface area contributed by atoms with Gasteiger partial charge in [0, 0.05) is 24.8 Å². The highest BCUT2D eigenvalue weighted by Gasteiger charge is 2.32. The molecule has 0 atom stereocenters. The number of nitrogens with zero attached hydrogens (tertiary/aromatic N) is 2. The zero-order valence-electron chi connectivity index (χ0n) is 11.7. The number of hydrogen-bond acceptors (Lipinski definition) is 5. The molecular formula is C12H19N3O4S. The molecule has 0 radical (unpaired) electrons. The molecule has 1 aromatic carbocycles. The van der Waals surface area contributed by atoms with Gasteiger partial charge in [0.25, 0.3) is 5.69 Å². The summed E-state index contributed by atoms with van der Waals surface area (Å²) in [5, 5.41) is 11.0. The van der Waals surface area contributed by atoms with E-state index in [-0.39, 0.29) is 16.6 Å². The normalized spacial score (nSPS) is 12.1. The van der Waals surface area contributed by atoms with E-state index in [1.54, 1.807) is 0 Å². The molecule has 0 aliphatic carbocycles. The third kappa shape index (κ3) is 3.07. The van der Waals surface area contributed by atoms with Gasteiger partial charge in [0.2, 0.25) is 10.0 Å². The summed E-state index contributed by atoms with van der Waals surface area (Å²) in [7, 11) is -2.52. The van der Waals surface area contributed by atoms with Crippen LogP contribution in [0.2, 0.25) is 0 Å². The van der Waals surface area contributed by atoms with Gasteiger partial charge in [-0.05, 0) is 25.0 Å². The SMILES string of the molecule is CCC(CC)N(C)S(=O)(=O)c1cc(N)ccc1[N+](=O)[O-]. The lowest BCUT2D eigenvalue weighted by molar-refractivity contribution is -0.387. The summed E-state index contributed by atoms with van der Waals surface area (Å²) < 4.78 is 26.2. The Kier molecular flexibility index (Phi) is 5.07. The van der Waals surface area contributed by atoms with Gasteiger partial charge in [0.15, 0.2) is 4.90 Å². The van der Waals surface area contributed by atoms with Crippen molar-refractivity contribution in [3.8, 4) is 0 Å². The van der Waals surface area contributed by atoms with Crippen molar-refractivity contribution in [1.82, 2.24) is 4.31 Å². The van der Waals surface area contributed by atoms with Crippen molar-refractivity contribution < 1.29 is 13.3 Å². The monoisotopic (exact) mass is 301 g/mol. The first-order chi connectivity index (χ1) is 9.25. The van der Waals surface area contributed by atoms with Crippen LogP contribution in [0.15, 0.2) is 23.1 Å². The zero-order chi connectivity index (χ0) is 15.5. The molecule has 0 bridgehead atoms. The van der Waals surface area contributed by atoms with Crippen LogP contribution in [0.3, 0.4) is 0 Å². The first-order valence-corrected chi connectivity index (χ1v) is 7.71. The number of rotatable bonds is 6. The standard InChI is InChI=1S/C12H19N3O4S/c1-4-10(5-2)14(3)20(18,19)12-8-9(13)6-7-11(12)15(16)17/h6-8,10H,4-5,13H2,1-3H3. The highest BCUT2D eigenvalue weighted by atomic mass is 32.2. The van der Waals surface area contributed by atoms with Gasteiger partial charge in [-0.15, -0.1) is 0 Å². The lowest BCUT2D eigenvalue weighted by Crippen LogP contribution is -2.36. The molecular weight excluding hydrogens is 282 g/mol. The fourth-order valence-electron chi connectivity index (χ4n) is 2.04. The molecule has 8 heteroatoms. The average molecular weight is 301 g/mol. The molecule has 0 heterocycles. The lowest BCUT2D eigenvalue weighted by Gasteiger charge is -2.25. The van der Waals surface area contributed by atoms with E-state index in [2.05, 4.69) is 0 Å². The van der Waals surface area contributed by atoms with Crippen LogP contribution in [0.25, 0.3) is 0 Å². The Morgan fingerprint density at radius 2 is 1.90 bits per heavy atom. The van der Waals surface area contributed by atoms with E-state index in [1.807, 2.05) is 13.8 Å².